The van der Waals surface area contributed by atoms with Crippen LogP contribution in [-0.4, -0.2) is 44.0 Å². The van der Waals surface area contributed by atoms with Gasteiger partial charge in [0.1, 0.15) is 0 Å². The highest BCUT2D eigenvalue weighted by Crippen LogP contribution is 2.14. The summed E-state index contributed by atoms with van der Waals surface area (Å²) < 4.78 is 22.9. The zero-order valence-electron chi connectivity index (χ0n) is 12.3. The summed E-state index contributed by atoms with van der Waals surface area (Å²) in [6, 6.07) is 8.85. The number of nitrogens with one attached hydrogen (secondary N) is 1. The van der Waals surface area contributed by atoms with Crippen LogP contribution in [0.2, 0.25) is 0 Å². The van der Waals surface area contributed by atoms with Crippen molar-refractivity contribution in [1.29, 1.82) is 0 Å². The predicted molar refractivity (Wildman–Crippen MR) is 82.3 cm³/mol. The molecule has 0 aromatic heterocycles. The monoisotopic (exact) mass is 296 g/mol. The van der Waals surface area contributed by atoms with Crippen molar-refractivity contribution in [3.8, 4) is 0 Å². The van der Waals surface area contributed by atoms with E-state index in [4.69, 9.17) is 0 Å². The van der Waals surface area contributed by atoms with Crippen molar-refractivity contribution in [2.75, 3.05) is 24.6 Å². The summed E-state index contributed by atoms with van der Waals surface area (Å²) in [5.74, 6) is 0.582. The average Bonchev–Trinajstić information content (AvgIpc) is 2.40. The van der Waals surface area contributed by atoms with Gasteiger partial charge in [0.15, 0.2) is 9.84 Å². The molecule has 1 saturated heterocycles. The molecule has 0 atom stereocenters. The minimum absolute atomic E-state index is 0.291. The standard InChI is InChI=1S/C15H24N2O2S/c1-13(2)16-11-14-5-3-4-6-15(14)12-17-7-9-20(18,19)10-8-17/h3-6,13,16H,7-12H2,1-2H3. The summed E-state index contributed by atoms with van der Waals surface area (Å²) in [6.07, 6.45) is 0. The van der Waals surface area contributed by atoms with Gasteiger partial charge in [-0.25, -0.2) is 8.42 Å². The van der Waals surface area contributed by atoms with E-state index < -0.39 is 9.84 Å². The van der Waals surface area contributed by atoms with Crippen LogP contribution in [0.15, 0.2) is 24.3 Å². The fourth-order valence-corrected chi connectivity index (χ4v) is 3.62. The topological polar surface area (TPSA) is 49.4 Å². The van der Waals surface area contributed by atoms with E-state index >= 15 is 0 Å². The van der Waals surface area contributed by atoms with E-state index in [1.54, 1.807) is 0 Å². The smallest absolute Gasteiger partial charge is 0.152 e. The Kier molecular flexibility index (Phi) is 5.18. The summed E-state index contributed by atoms with van der Waals surface area (Å²) in [5, 5.41) is 3.44. The predicted octanol–water partition coefficient (Wildman–Crippen LogP) is 1.41. The third kappa shape index (κ3) is 4.58. The van der Waals surface area contributed by atoms with Crippen LogP contribution in [0.3, 0.4) is 0 Å². The van der Waals surface area contributed by atoms with Crippen molar-refractivity contribution in [3.05, 3.63) is 35.4 Å². The Morgan fingerprint density at radius 3 is 2.35 bits per heavy atom. The molecule has 112 valence electrons. The Balaban J connectivity index is 1.99. The minimum Gasteiger partial charge on any atom is -0.310 e. The molecule has 1 aromatic rings. The van der Waals surface area contributed by atoms with Crippen molar-refractivity contribution in [3.63, 3.8) is 0 Å². The van der Waals surface area contributed by atoms with E-state index in [0.29, 0.717) is 30.6 Å². The highest BCUT2D eigenvalue weighted by Gasteiger charge is 2.21. The van der Waals surface area contributed by atoms with Crippen molar-refractivity contribution < 1.29 is 8.42 Å². The van der Waals surface area contributed by atoms with E-state index in [0.717, 1.165) is 13.1 Å². The molecule has 1 aromatic carbocycles. The highest BCUT2D eigenvalue weighted by molar-refractivity contribution is 7.91. The lowest BCUT2D eigenvalue weighted by Crippen LogP contribution is -2.39. The zero-order valence-corrected chi connectivity index (χ0v) is 13.1. The van der Waals surface area contributed by atoms with Gasteiger partial charge in [-0.05, 0) is 11.1 Å². The third-order valence-electron chi connectivity index (χ3n) is 3.65. The van der Waals surface area contributed by atoms with Gasteiger partial charge < -0.3 is 5.32 Å². The van der Waals surface area contributed by atoms with Crippen molar-refractivity contribution in [1.82, 2.24) is 10.2 Å². The van der Waals surface area contributed by atoms with E-state index in [1.165, 1.54) is 11.1 Å². The first kappa shape index (κ1) is 15.5. The number of sulfone groups is 1. The van der Waals surface area contributed by atoms with Crippen LogP contribution >= 0.6 is 0 Å². The van der Waals surface area contributed by atoms with Crippen LogP contribution in [0.5, 0.6) is 0 Å². The maximum atomic E-state index is 11.5. The Morgan fingerprint density at radius 1 is 1.15 bits per heavy atom. The Labute approximate surface area is 122 Å². The Morgan fingerprint density at radius 2 is 1.75 bits per heavy atom. The number of hydrogen-bond donors (Lipinski definition) is 1. The average molecular weight is 296 g/mol. The molecule has 1 N–H and O–H groups in total. The largest absolute Gasteiger partial charge is 0.310 e. The van der Waals surface area contributed by atoms with Gasteiger partial charge in [-0.2, -0.15) is 0 Å². The summed E-state index contributed by atoms with van der Waals surface area (Å²) in [4.78, 5) is 2.23. The van der Waals surface area contributed by atoms with Crippen LogP contribution in [0.4, 0.5) is 0 Å². The molecule has 0 unspecified atom stereocenters. The molecule has 1 heterocycles. The molecule has 0 spiro atoms. The van der Waals surface area contributed by atoms with Crippen LogP contribution < -0.4 is 5.32 Å². The molecule has 1 aliphatic rings. The van der Waals surface area contributed by atoms with Crippen LogP contribution in [0.1, 0.15) is 25.0 Å². The molecule has 0 aliphatic carbocycles. The van der Waals surface area contributed by atoms with Gasteiger partial charge in [-0.1, -0.05) is 38.1 Å². The van der Waals surface area contributed by atoms with Gasteiger partial charge in [0.2, 0.25) is 0 Å². The molecule has 0 saturated carbocycles. The number of rotatable bonds is 5. The summed E-state index contributed by atoms with van der Waals surface area (Å²) >= 11 is 0. The molecule has 0 amide bonds. The number of benzene rings is 1. The first-order valence-corrected chi connectivity index (χ1v) is 9.01. The number of hydrogen-bond acceptors (Lipinski definition) is 4. The first-order chi connectivity index (χ1) is 9.46. The van der Waals surface area contributed by atoms with Crippen LogP contribution in [0, 0.1) is 0 Å². The molecule has 4 nitrogen and oxygen atoms in total. The molecule has 1 fully saturated rings. The Hall–Kier alpha value is -0.910. The second-order valence-electron chi connectivity index (χ2n) is 5.73. The van der Waals surface area contributed by atoms with Gasteiger partial charge in [0.05, 0.1) is 11.5 Å². The summed E-state index contributed by atoms with van der Waals surface area (Å²) in [5.41, 5.74) is 2.59. The maximum Gasteiger partial charge on any atom is 0.152 e. The van der Waals surface area contributed by atoms with Crippen LogP contribution in [0.25, 0.3) is 0 Å². The normalized spacial score (nSPS) is 19.4. The van der Waals surface area contributed by atoms with Crippen LogP contribution in [-0.2, 0) is 22.9 Å². The van der Waals surface area contributed by atoms with Gasteiger partial charge >= 0.3 is 0 Å². The highest BCUT2D eigenvalue weighted by atomic mass is 32.2. The lowest BCUT2D eigenvalue weighted by atomic mass is 10.1. The molecule has 20 heavy (non-hydrogen) atoms. The van der Waals surface area contributed by atoms with E-state index in [1.807, 2.05) is 0 Å². The van der Waals surface area contributed by atoms with E-state index in [9.17, 15) is 8.42 Å². The molecular weight excluding hydrogens is 272 g/mol. The Bertz CT molecular complexity index is 527. The van der Waals surface area contributed by atoms with Crippen molar-refractivity contribution in [2.24, 2.45) is 0 Å². The van der Waals surface area contributed by atoms with Crippen molar-refractivity contribution >= 4 is 9.84 Å². The first-order valence-electron chi connectivity index (χ1n) is 7.19. The second-order valence-corrected chi connectivity index (χ2v) is 8.04. The number of nitrogens with zero attached hydrogens (tertiary/aromatic N) is 1. The zero-order chi connectivity index (χ0) is 14.6. The molecule has 0 bridgehead atoms. The minimum atomic E-state index is -2.79. The molecule has 5 heteroatoms. The fourth-order valence-electron chi connectivity index (χ4n) is 2.35. The van der Waals surface area contributed by atoms with Gasteiger partial charge in [-0.15, -0.1) is 0 Å². The van der Waals surface area contributed by atoms with Gasteiger partial charge in [0.25, 0.3) is 0 Å². The molecule has 2 rings (SSSR count). The fraction of sp³-hybridized carbons (Fsp3) is 0.600. The molecule has 0 radical (unpaired) electrons. The lowest BCUT2D eigenvalue weighted by molar-refractivity contribution is 0.286. The lowest BCUT2D eigenvalue weighted by Gasteiger charge is -2.27. The summed E-state index contributed by atoms with van der Waals surface area (Å²) in [7, 11) is -2.79. The van der Waals surface area contributed by atoms with Crippen molar-refractivity contribution in [2.45, 2.75) is 33.0 Å². The quantitative estimate of drug-likeness (QED) is 0.893. The van der Waals surface area contributed by atoms with E-state index in [-0.39, 0.29) is 0 Å². The molecule has 1 aliphatic heterocycles. The second kappa shape index (κ2) is 6.70. The van der Waals surface area contributed by atoms with Gasteiger partial charge in [0, 0.05) is 32.2 Å². The SMILES string of the molecule is CC(C)NCc1ccccc1CN1CCS(=O)(=O)CC1. The third-order valence-corrected chi connectivity index (χ3v) is 5.26. The summed E-state index contributed by atoms with van der Waals surface area (Å²) in [6.45, 7) is 7.27. The molecular formula is C15H24N2O2S. The maximum absolute atomic E-state index is 11.5. The van der Waals surface area contributed by atoms with Gasteiger partial charge in [-0.3, -0.25) is 4.90 Å². The van der Waals surface area contributed by atoms with E-state index in [2.05, 4.69) is 48.3 Å².